The molecule has 2 rings (SSSR count). The highest BCUT2D eigenvalue weighted by Crippen LogP contribution is 2.23. The molecule has 0 saturated carbocycles. The Hall–Kier alpha value is -2.21. The summed E-state index contributed by atoms with van der Waals surface area (Å²) >= 11 is 6.06. The molecular weight excluding hydrogens is 402 g/mol. The van der Waals surface area contributed by atoms with E-state index < -0.39 is 0 Å². The number of nitrogens with zero attached hydrogens (tertiary/aromatic N) is 2. The summed E-state index contributed by atoms with van der Waals surface area (Å²) in [7, 11) is 3.29. The van der Waals surface area contributed by atoms with Crippen LogP contribution >= 0.6 is 11.6 Å². The van der Waals surface area contributed by atoms with Crippen LogP contribution in [0.15, 0.2) is 34.4 Å². The largest absolute Gasteiger partial charge is 0.494 e. The molecule has 1 aliphatic heterocycles. The molecule has 0 aromatic heterocycles. The predicted octanol–water partition coefficient (Wildman–Crippen LogP) is 4.72. The number of aliphatic imine (C=N–C) groups is 1. The van der Waals surface area contributed by atoms with Crippen molar-refractivity contribution in [1.29, 1.82) is 0 Å². The molecule has 1 aromatic rings. The molecule has 1 N–H and O–H groups in total. The Morgan fingerprint density at radius 1 is 1.37 bits per heavy atom. The van der Waals surface area contributed by atoms with Gasteiger partial charge in [0.2, 0.25) is 0 Å². The first kappa shape index (κ1) is 24.1. The number of rotatable bonds is 8. The minimum Gasteiger partial charge on any atom is -0.494 e. The van der Waals surface area contributed by atoms with Crippen LogP contribution in [-0.4, -0.2) is 50.7 Å². The van der Waals surface area contributed by atoms with Crippen LogP contribution in [-0.2, 0) is 4.74 Å². The van der Waals surface area contributed by atoms with Gasteiger partial charge in [0.05, 0.1) is 19.3 Å². The maximum atomic E-state index is 11.7. The van der Waals surface area contributed by atoms with Crippen molar-refractivity contribution >= 4 is 23.5 Å². The van der Waals surface area contributed by atoms with Crippen molar-refractivity contribution in [1.82, 2.24) is 10.2 Å². The van der Waals surface area contributed by atoms with Gasteiger partial charge in [-0.3, -0.25) is 0 Å². The molecule has 1 heterocycles. The maximum absolute atomic E-state index is 11.7. The Labute approximate surface area is 185 Å². The van der Waals surface area contributed by atoms with Gasteiger partial charge in [-0.25, -0.2) is 9.79 Å². The van der Waals surface area contributed by atoms with E-state index in [1.54, 1.807) is 12.3 Å². The molecule has 1 aliphatic rings. The number of nitrogens with one attached hydrogen (secondary N) is 1. The third kappa shape index (κ3) is 7.24. The molecule has 1 saturated heterocycles. The van der Waals surface area contributed by atoms with Crippen LogP contribution in [0, 0.1) is 12.8 Å². The van der Waals surface area contributed by atoms with Gasteiger partial charge >= 0.3 is 5.97 Å². The predicted molar refractivity (Wildman–Crippen MR) is 122 cm³/mol. The average molecular weight is 436 g/mol. The Bertz CT molecular complexity index is 756. The number of ether oxygens (including phenoxy) is 2. The number of carbonyl (C=O) groups is 1. The topological polar surface area (TPSA) is 63.2 Å². The molecule has 7 heteroatoms. The number of aryl methyl sites for hydroxylation is 1. The second-order valence-corrected chi connectivity index (χ2v) is 8.01. The number of carbonyl (C=O) groups excluding carboxylic acids is 1. The number of hydrogen-bond donors (Lipinski definition) is 1. The van der Waals surface area contributed by atoms with Crippen LogP contribution < -0.4 is 10.1 Å². The number of esters is 1. The van der Waals surface area contributed by atoms with E-state index in [1.807, 2.05) is 33.0 Å². The Morgan fingerprint density at radius 2 is 2.10 bits per heavy atom. The molecule has 30 heavy (non-hydrogen) atoms. The summed E-state index contributed by atoms with van der Waals surface area (Å²) in [5.74, 6) is 2.07. The number of likely N-dealkylation sites (tertiary alicyclic amines) is 1. The summed E-state index contributed by atoms with van der Waals surface area (Å²) in [6, 6.07) is 5.48. The Kier molecular flexibility index (Phi) is 10.0. The van der Waals surface area contributed by atoms with Gasteiger partial charge in [0.25, 0.3) is 0 Å². The lowest BCUT2D eigenvalue weighted by atomic mass is 9.92. The van der Waals surface area contributed by atoms with Gasteiger partial charge < -0.3 is 19.7 Å². The molecule has 0 radical (unpaired) electrons. The molecule has 0 amide bonds. The summed E-state index contributed by atoms with van der Waals surface area (Å²) in [4.78, 5) is 18.4. The fourth-order valence-electron chi connectivity index (χ4n) is 3.59. The number of allylic oxidation sites excluding steroid dienone is 1. The molecular formula is C23H34ClN3O3. The first-order valence-corrected chi connectivity index (χ1v) is 11.0. The van der Waals surface area contributed by atoms with Gasteiger partial charge in [0.1, 0.15) is 5.75 Å². The molecule has 0 atom stereocenters. The van der Waals surface area contributed by atoms with Crippen LogP contribution in [0.2, 0.25) is 0 Å². The van der Waals surface area contributed by atoms with Crippen molar-refractivity contribution in [2.75, 3.05) is 33.9 Å². The van der Waals surface area contributed by atoms with Crippen molar-refractivity contribution in [3.8, 4) is 5.75 Å². The van der Waals surface area contributed by atoms with Crippen molar-refractivity contribution in [2.45, 2.75) is 46.0 Å². The van der Waals surface area contributed by atoms with E-state index in [4.69, 9.17) is 21.1 Å². The molecule has 6 nitrogen and oxygen atoms in total. The van der Waals surface area contributed by atoms with E-state index in [9.17, 15) is 4.79 Å². The van der Waals surface area contributed by atoms with Gasteiger partial charge in [-0.15, -0.1) is 0 Å². The van der Waals surface area contributed by atoms with Crippen LogP contribution in [0.3, 0.4) is 0 Å². The normalized spacial score (nSPS) is 15.8. The van der Waals surface area contributed by atoms with E-state index in [-0.39, 0.29) is 5.97 Å². The quantitative estimate of drug-likeness (QED) is 0.277. The molecule has 0 spiro atoms. The number of guanidine groups is 1. The maximum Gasteiger partial charge on any atom is 0.338 e. The highest BCUT2D eigenvalue weighted by Gasteiger charge is 2.21. The molecule has 0 aliphatic carbocycles. The Balaban J connectivity index is 1.72. The van der Waals surface area contributed by atoms with Crippen LogP contribution in [0.5, 0.6) is 5.75 Å². The van der Waals surface area contributed by atoms with E-state index in [0.717, 1.165) is 67.5 Å². The summed E-state index contributed by atoms with van der Waals surface area (Å²) in [5, 5.41) is 3.94. The van der Waals surface area contributed by atoms with Crippen LogP contribution in [0.25, 0.3) is 0 Å². The van der Waals surface area contributed by atoms with Gasteiger partial charge in [0, 0.05) is 31.4 Å². The highest BCUT2D eigenvalue weighted by molar-refractivity contribution is 6.29. The minimum atomic E-state index is -0.318. The van der Waals surface area contributed by atoms with Gasteiger partial charge in [-0.2, -0.15) is 0 Å². The zero-order valence-corrected chi connectivity index (χ0v) is 19.3. The lowest BCUT2D eigenvalue weighted by molar-refractivity contribution is 0.0600. The number of piperidine rings is 1. The molecule has 1 fully saturated rings. The first-order chi connectivity index (χ1) is 14.5. The first-order valence-electron chi connectivity index (χ1n) is 10.6. The smallest absolute Gasteiger partial charge is 0.338 e. The summed E-state index contributed by atoms with van der Waals surface area (Å²) in [6.45, 7) is 6.58. The zero-order chi connectivity index (χ0) is 21.9. The third-order valence-corrected chi connectivity index (χ3v) is 5.80. The van der Waals surface area contributed by atoms with Crippen molar-refractivity contribution < 1.29 is 14.3 Å². The molecule has 1 aromatic carbocycles. The third-order valence-electron chi connectivity index (χ3n) is 5.43. The van der Waals surface area contributed by atoms with Gasteiger partial charge in [0.15, 0.2) is 5.96 Å². The average Bonchev–Trinajstić information content (AvgIpc) is 2.77. The van der Waals surface area contributed by atoms with Gasteiger partial charge in [-0.1, -0.05) is 18.5 Å². The van der Waals surface area contributed by atoms with Crippen molar-refractivity contribution in [2.24, 2.45) is 10.9 Å². The standard InChI is InChI=1S/C23H34ClN3O3/c1-5-19(24)16-26-23(25-3)27-12-10-18(11-13-27)7-6-14-30-20-8-9-21(17(2)15-20)22(28)29-4/h8-9,15-16,18H,5-7,10-14H2,1-4H3,(H,25,26)/b19-16+. The monoisotopic (exact) mass is 435 g/mol. The minimum absolute atomic E-state index is 0.318. The van der Waals surface area contributed by atoms with E-state index in [0.29, 0.717) is 18.1 Å². The lowest BCUT2D eigenvalue weighted by Crippen LogP contribution is -2.44. The second-order valence-electron chi connectivity index (χ2n) is 7.52. The number of halogens is 1. The SMILES string of the molecule is CC/C(Cl)=C\N=C(/NC)N1CCC(CCCOc2ccc(C(=O)OC)c(C)c2)CC1. The molecule has 0 unspecified atom stereocenters. The Morgan fingerprint density at radius 3 is 2.70 bits per heavy atom. The zero-order valence-electron chi connectivity index (χ0n) is 18.5. The number of benzene rings is 1. The van der Waals surface area contributed by atoms with E-state index in [2.05, 4.69) is 15.2 Å². The lowest BCUT2D eigenvalue weighted by Gasteiger charge is -2.33. The van der Waals surface area contributed by atoms with Crippen LogP contribution in [0.4, 0.5) is 0 Å². The van der Waals surface area contributed by atoms with Crippen molar-refractivity contribution in [3.05, 3.63) is 40.6 Å². The van der Waals surface area contributed by atoms with E-state index in [1.165, 1.54) is 7.11 Å². The fraction of sp³-hybridized carbons (Fsp3) is 0.565. The summed E-state index contributed by atoms with van der Waals surface area (Å²) < 4.78 is 10.7. The summed E-state index contributed by atoms with van der Waals surface area (Å²) in [5.41, 5.74) is 1.44. The van der Waals surface area contributed by atoms with Crippen molar-refractivity contribution in [3.63, 3.8) is 0 Å². The van der Waals surface area contributed by atoms with Crippen LogP contribution in [0.1, 0.15) is 54.9 Å². The van der Waals surface area contributed by atoms with Gasteiger partial charge in [-0.05, 0) is 68.7 Å². The molecule has 166 valence electrons. The second kappa shape index (κ2) is 12.5. The van der Waals surface area contributed by atoms with E-state index >= 15 is 0 Å². The molecule has 0 bridgehead atoms. The summed E-state index contributed by atoms with van der Waals surface area (Å²) in [6.07, 6.45) is 7.00. The highest BCUT2D eigenvalue weighted by atomic mass is 35.5. The number of hydrogen-bond acceptors (Lipinski definition) is 4. The number of methoxy groups -OCH3 is 1. The fourth-order valence-corrected chi connectivity index (χ4v) is 3.64.